The Kier molecular flexibility index (Phi) is 4.27. The molecule has 3 aromatic rings. The molecule has 1 fully saturated rings. The minimum Gasteiger partial charge on any atom is -0.487 e. The molecule has 1 aliphatic rings. The van der Waals surface area contributed by atoms with Crippen molar-refractivity contribution in [1.29, 1.82) is 0 Å². The van der Waals surface area contributed by atoms with Gasteiger partial charge in [-0.1, -0.05) is 11.6 Å². The molecule has 5 nitrogen and oxygen atoms in total. The maximum atomic E-state index is 12.6. The van der Waals surface area contributed by atoms with Crippen LogP contribution in [-0.4, -0.2) is 21.1 Å². The van der Waals surface area contributed by atoms with E-state index in [1.165, 1.54) is 17.4 Å². The molecule has 2 atom stereocenters. The fraction of sp³-hybridized carbons (Fsp3) is 0.333. The second-order valence-electron chi connectivity index (χ2n) is 6.27. The predicted octanol–water partition coefficient (Wildman–Crippen LogP) is 3.39. The number of aryl methyl sites for hydroxylation is 1. The summed E-state index contributed by atoms with van der Waals surface area (Å²) < 4.78 is 7.37. The lowest BCUT2D eigenvalue weighted by Gasteiger charge is -2.06. The predicted molar refractivity (Wildman–Crippen MR) is 97.8 cm³/mol. The van der Waals surface area contributed by atoms with Crippen molar-refractivity contribution in [2.45, 2.75) is 25.9 Å². The molecular weight excluding hydrogens is 360 g/mol. The number of thiazole rings is 1. The smallest absolute Gasteiger partial charge is 0.259 e. The highest BCUT2D eigenvalue weighted by atomic mass is 35.5. The van der Waals surface area contributed by atoms with Gasteiger partial charge in [0.05, 0.1) is 5.69 Å². The molecule has 2 heterocycles. The summed E-state index contributed by atoms with van der Waals surface area (Å²) in [4.78, 5) is 19.0. The van der Waals surface area contributed by atoms with E-state index >= 15 is 0 Å². The van der Waals surface area contributed by atoms with E-state index in [1.54, 1.807) is 28.7 Å². The van der Waals surface area contributed by atoms with Gasteiger partial charge in [-0.2, -0.15) is 0 Å². The van der Waals surface area contributed by atoms with Gasteiger partial charge in [0.2, 0.25) is 0 Å². The van der Waals surface area contributed by atoms with Crippen LogP contribution in [0.4, 0.5) is 0 Å². The van der Waals surface area contributed by atoms with Gasteiger partial charge in [0.1, 0.15) is 12.4 Å². The third-order valence-corrected chi connectivity index (χ3v) is 5.72. The van der Waals surface area contributed by atoms with E-state index in [9.17, 15) is 9.90 Å². The van der Waals surface area contributed by atoms with E-state index in [0.717, 1.165) is 17.0 Å². The lowest BCUT2D eigenvalue weighted by molar-refractivity contribution is 0.273. The number of aromatic nitrogens is 2. The summed E-state index contributed by atoms with van der Waals surface area (Å²) in [5, 5.41) is 9.97. The maximum Gasteiger partial charge on any atom is 0.259 e. The van der Waals surface area contributed by atoms with Gasteiger partial charge >= 0.3 is 0 Å². The van der Waals surface area contributed by atoms with Crippen LogP contribution < -0.4 is 10.3 Å². The Labute approximate surface area is 153 Å². The van der Waals surface area contributed by atoms with Gasteiger partial charge in [-0.05, 0) is 43.5 Å². The van der Waals surface area contributed by atoms with Gasteiger partial charge in [-0.25, -0.2) is 4.98 Å². The third-order valence-electron chi connectivity index (χ3n) is 4.50. The molecule has 1 aliphatic carbocycles. The van der Waals surface area contributed by atoms with Crippen molar-refractivity contribution >= 4 is 27.9 Å². The highest BCUT2D eigenvalue weighted by Crippen LogP contribution is 2.49. The molecule has 0 amide bonds. The van der Waals surface area contributed by atoms with Crippen molar-refractivity contribution in [2.24, 2.45) is 5.92 Å². The van der Waals surface area contributed by atoms with Crippen molar-refractivity contribution in [2.75, 3.05) is 6.61 Å². The van der Waals surface area contributed by atoms with Crippen LogP contribution in [0, 0.1) is 12.8 Å². The van der Waals surface area contributed by atoms with Gasteiger partial charge in [0, 0.05) is 34.2 Å². The molecule has 4 rings (SSSR count). The topological polar surface area (TPSA) is 63.8 Å². The number of benzene rings is 1. The van der Waals surface area contributed by atoms with Crippen LogP contribution in [0.1, 0.15) is 28.6 Å². The summed E-state index contributed by atoms with van der Waals surface area (Å²) in [6, 6.07) is 8.59. The first-order chi connectivity index (χ1) is 12.1. The van der Waals surface area contributed by atoms with Gasteiger partial charge in [-0.15, -0.1) is 11.3 Å². The number of hydrogen-bond acceptors (Lipinski definition) is 5. The van der Waals surface area contributed by atoms with Gasteiger partial charge < -0.3 is 9.84 Å². The molecule has 7 heteroatoms. The zero-order valence-electron chi connectivity index (χ0n) is 13.6. The Morgan fingerprint density at radius 2 is 2.16 bits per heavy atom. The summed E-state index contributed by atoms with van der Waals surface area (Å²) in [5.74, 6) is 1.20. The molecule has 1 N–H and O–H groups in total. The minimum atomic E-state index is -0.0948. The highest BCUT2D eigenvalue weighted by molar-refractivity contribution is 7.17. The van der Waals surface area contributed by atoms with Gasteiger partial charge in [0.25, 0.3) is 5.56 Å². The Morgan fingerprint density at radius 1 is 1.40 bits per heavy atom. The van der Waals surface area contributed by atoms with E-state index in [4.69, 9.17) is 16.3 Å². The van der Waals surface area contributed by atoms with Crippen molar-refractivity contribution in [3.63, 3.8) is 0 Å². The Hall–Kier alpha value is -1.89. The summed E-state index contributed by atoms with van der Waals surface area (Å²) >= 11 is 7.37. The zero-order valence-corrected chi connectivity index (χ0v) is 15.2. The molecule has 130 valence electrons. The van der Waals surface area contributed by atoms with Crippen LogP contribution in [0.2, 0.25) is 5.02 Å². The number of nitrogens with zero attached hydrogens (tertiary/aromatic N) is 2. The van der Waals surface area contributed by atoms with Crippen LogP contribution in [-0.2, 0) is 6.61 Å². The number of ether oxygens (including phenoxy) is 1. The average molecular weight is 377 g/mol. The first kappa shape index (κ1) is 16.6. The molecule has 0 saturated heterocycles. The highest BCUT2D eigenvalue weighted by Gasteiger charge is 2.41. The lowest BCUT2D eigenvalue weighted by Crippen LogP contribution is -2.17. The molecule has 25 heavy (non-hydrogen) atoms. The largest absolute Gasteiger partial charge is 0.487 e. The first-order valence-electron chi connectivity index (χ1n) is 8.08. The van der Waals surface area contributed by atoms with Crippen LogP contribution in [0.15, 0.2) is 35.1 Å². The number of aliphatic hydroxyl groups is 1. The Balaban J connectivity index is 1.62. The Morgan fingerprint density at radius 3 is 2.84 bits per heavy atom. The van der Waals surface area contributed by atoms with E-state index in [0.29, 0.717) is 21.4 Å². The fourth-order valence-electron chi connectivity index (χ4n) is 3.12. The molecule has 2 aromatic heterocycles. The van der Waals surface area contributed by atoms with E-state index in [2.05, 4.69) is 4.98 Å². The molecule has 0 bridgehead atoms. The number of halogens is 1. The minimum absolute atomic E-state index is 0.0948. The summed E-state index contributed by atoms with van der Waals surface area (Å²) in [6.45, 7) is 2.39. The molecule has 0 radical (unpaired) electrons. The Bertz CT molecular complexity index is 980. The monoisotopic (exact) mass is 376 g/mol. The van der Waals surface area contributed by atoms with Gasteiger partial charge in [-0.3, -0.25) is 9.20 Å². The lowest BCUT2D eigenvalue weighted by atomic mass is 10.2. The normalized spacial score (nSPS) is 19.3. The number of rotatable bonds is 5. The quantitative estimate of drug-likeness (QED) is 0.741. The number of aliphatic hydroxyl groups excluding tert-OH is 1. The summed E-state index contributed by atoms with van der Waals surface area (Å²) in [7, 11) is 0. The number of fused-ring (bicyclic) bond motifs is 1. The third kappa shape index (κ3) is 3.17. The molecule has 0 aliphatic heterocycles. The summed E-state index contributed by atoms with van der Waals surface area (Å²) in [6.07, 6.45) is 0.928. The molecular formula is C18H17ClN2O3S. The van der Waals surface area contributed by atoms with Gasteiger partial charge in [0.15, 0.2) is 4.96 Å². The standard InChI is InChI=1S/C18H17ClN2O3S/c1-10-17(15-6-11(15)8-22)21-16(23)7-13(20-18(21)25-10)9-24-14-4-2-12(19)3-5-14/h2-5,7,11,15,22H,6,8-9H2,1H3. The van der Waals surface area contributed by atoms with Crippen LogP contribution >= 0.6 is 22.9 Å². The molecule has 2 unspecified atom stereocenters. The zero-order chi connectivity index (χ0) is 17.6. The van der Waals surface area contributed by atoms with Crippen molar-refractivity contribution in [3.05, 3.63) is 62.0 Å². The van der Waals surface area contributed by atoms with Crippen molar-refractivity contribution < 1.29 is 9.84 Å². The van der Waals surface area contributed by atoms with Crippen molar-refractivity contribution in [3.8, 4) is 5.75 Å². The van der Waals surface area contributed by atoms with Crippen LogP contribution in [0.25, 0.3) is 4.96 Å². The maximum absolute atomic E-state index is 12.6. The first-order valence-corrected chi connectivity index (χ1v) is 9.27. The summed E-state index contributed by atoms with van der Waals surface area (Å²) in [5.41, 5.74) is 1.51. The molecule has 1 saturated carbocycles. The molecule has 1 aromatic carbocycles. The average Bonchev–Trinajstić information content (AvgIpc) is 3.29. The second kappa shape index (κ2) is 6.44. The van der Waals surface area contributed by atoms with Crippen LogP contribution in [0.3, 0.4) is 0 Å². The second-order valence-corrected chi connectivity index (χ2v) is 7.89. The number of hydrogen-bond donors (Lipinski definition) is 1. The SMILES string of the molecule is Cc1sc2nc(COc3ccc(Cl)cc3)cc(=O)n2c1C1CC1CO. The van der Waals surface area contributed by atoms with Crippen LogP contribution in [0.5, 0.6) is 5.75 Å². The van der Waals surface area contributed by atoms with Crippen molar-refractivity contribution in [1.82, 2.24) is 9.38 Å². The van der Waals surface area contributed by atoms with E-state index in [1.807, 2.05) is 6.92 Å². The van der Waals surface area contributed by atoms with E-state index < -0.39 is 0 Å². The molecule has 0 spiro atoms. The fourth-order valence-corrected chi connectivity index (χ4v) is 4.31. The van der Waals surface area contributed by atoms with E-state index in [-0.39, 0.29) is 30.6 Å².